The summed E-state index contributed by atoms with van der Waals surface area (Å²) in [5.41, 5.74) is 6.42. The van der Waals surface area contributed by atoms with E-state index in [1.54, 1.807) is 24.3 Å². The molecule has 6 heteroatoms. The molecule has 0 aromatic heterocycles. The summed E-state index contributed by atoms with van der Waals surface area (Å²) < 4.78 is 5.09. The number of aryl methyl sites for hydroxylation is 1. The van der Waals surface area contributed by atoms with Crippen LogP contribution in [-0.4, -0.2) is 18.9 Å². The number of carbonyl (C=O) groups excluding carboxylic acids is 2. The van der Waals surface area contributed by atoms with Gasteiger partial charge in [0.1, 0.15) is 5.75 Å². The lowest BCUT2D eigenvalue weighted by atomic mass is 10.1. The van der Waals surface area contributed by atoms with Gasteiger partial charge < -0.3 is 4.74 Å². The number of nitrogens with one attached hydrogen (secondary N) is 2. The minimum absolute atomic E-state index is 0.235. The lowest BCUT2D eigenvalue weighted by Gasteiger charge is -2.10. The van der Waals surface area contributed by atoms with Crippen LogP contribution < -0.4 is 15.6 Å². The van der Waals surface area contributed by atoms with Crippen molar-refractivity contribution >= 4 is 23.4 Å². The molecule has 2 amide bonds. The SMILES string of the molecule is COc1ccc(Cl)cc1C(=O)NNC(=O)c1ccc(C)cc1. The van der Waals surface area contributed by atoms with Gasteiger partial charge in [-0.05, 0) is 37.3 Å². The van der Waals surface area contributed by atoms with Gasteiger partial charge in [0.15, 0.2) is 0 Å². The number of hydrazine groups is 1. The Morgan fingerprint density at radius 3 is 2.27 bits per heavy atom. The van der Waals surface area contributed by atoms with E-state index in [9.17, 15) is 9.59 Å². The van der Waals surface area contributed by atoms with E-state index in [2.05, 4.69) is 10.9 Å². The van der Waals surface area contributed by atoms with Crippen LogP contribution in [0.2, 0.25) is 5.02 Å². The maximum Gasteiger partial charge on any atom is 0.273 e. The Hall–Kier alpha value is -2.53. The van der Waals surface area contributed by atoms with Crippen LogP contribution in [0.1, 0.15) is 26.3 Å². The molecule has 5 nitrogen and oxygen atoms in total. The Morgan fingerprint density at radius 1 is 1.00 bits per heavy atom. The normalized spacial score (nSPS) is 9.95. The number of halogens is 1. The Balaban J connectivity index is 2.05. The van der Waals surface area contributed by atoms with Crippen LogP contribution >= 0.6 is 11.6 Å². The molecule has 114 valence electrons. The predicted molar refractivity (Wildman–Crippen MR) is 84.1 cm³/mol. The summed E-state index contributed by atoms with van der Waals surface area (Å²) in [6.07, 6.45) is 0. The van der Waals surface area contributed by atoms with Gasteiger partial charge in [-0.3, -0.25) is 20.4 Å². The average molecular weight is 319 g/mol. The summed E-state index contributed by atoms with van der Waals surface area (Å²) in [4.78, 5) is 24.0. The van der Waals surface area contributed by atoms with Crippen molar-refractivity contribution in [2.24, 2.45) is 0 Å². The first-order chi connectivity index (χ1) is 10.5. The molecule has 0 saturated carbocycles. The molecule has 0 heterocycles. The Bertz CT molecular complexity index is 699. The van der Waals surface area contributed by atoms with Gasteiger partial charge in [-0.1, -0.05) is 29.3 Å². The second-order valence-electron chi connectivity index (χ2n) is 4.62. The molecule has 0 aliphatic carbocycles. The molecular weight excluding hydrogens is 304 g/mol. The number of rotatable bonds is 3. The van der Waals surface area contributed by atoms with Gasteiger partial charge in [0, 0.05) is 10.6 Å². The fourth-order valence-electron chi connectivity index (χ4n) is 1.82. The highest BCUT2D eigenvalue weighted by Crippen LogP contribution is 2.22. The van der Waals surface area contributed by atoms with Crippen LogP contribution in [0.25, 0.3) is 0 Å². The largest absolute Gasteiger partial charge is 0.496 e. The number of hydrogen-bond donors (Lipinski definition) is 2. The van der Waals surface area contributed by atoms with E-state index in [1.165, 1.54) is 13.2 Å². The monoisotopic (exact) mass is 318 g/mol. The number of hydrogen-bond acceptors (Lipinski definition) is 3. The Labute approximate surface area is 133 Å². The molecule has 0 aliphatic rings. The Morgan fingerprint density at radius 2 is 1.64 bits per heavy atom. The fraction of sp³-hybridized carbons (Fsp3) is 0.125. The number of carbonyl (C=O) groups is 2. The van der Waals surface area contributed by atoms with E-state index in [0.29, 0.717) is 16.3 Å². The highest BCUT2D eigenvalue weighted by molar-refractivity contribution is 6.31. The summed E-state index contributed by atoms with van der Waals surface area (Å²) in [6, 6.07) is 11.6. The van der Waals surface area contributed by atoms with Crippen molar-refractivity contribution in [1.29, 1.82) is 0 Å². The van der Waals surface area contributed by atoms with E-state index in [1.807, 2.05) is 19.1 Å². The highest BCUT2D eigenvalue weighted by atomic mass is 35.5. The molecular formula is C16H15ClN2O3. The third kappa shape index (κ3) is 3.77. The first-order valence-electron chi connectivity index (χ1n) is 6.52. The molecule has 0 radical (unpaired) electrons. The number of methoxy groups -OCH3 is 1. The summed E-state index contributed by atoms with van der Waals surface area (Å²) in [5, 5.41) is 0.399. The van der Waals surface area contributed by atoms with Crippen molar-refractivity contribution in [2.75, 3.05) is 7.11 Å². The molecule has 0 aliphatic heterocycles. The van der Waals surface area contributed by atoms with Crippen molar-refractivity contribution in [1.82, 2.24) is 10.9 Å². The third-order valence-electron chi connectivity index (χ3n) is 3.01. The molecule has 0 fully saturated rings. The highest BCUT2D eigenvalue weighted by Gasteiger charge is 2.14. The minimum atomic E-state index is -0.514. The van der Waals surface area contributed by atoms with E-state index >= 15 is 0 Å². The van der Waals surface area contributed by atoms with Crippen LogP contribution in [0.4, 0.5) is 0 Å². The molecule has 2 aromatic rings. The topological polar surface area (TPSA) is 67.4 Å². The maximum absolute atomic E-state index is 12.1. The number of benzene rings is 2. The number of amides is 2. The molecule has 0 atom stereocenters. The quantitative estimate of drug-likeness (QED) is 0.855. The van der Waals surface area contributed by atoms with E-state index in [4.69, 9.17) is 16.3 Å². The third-order valence-corrected chi connectivity index (χ3v) is 3.24. The van der Waals surface area contributed by atoms with Gasteiger partial charge in [-0.15, -0.1) is 0 Å². The van der Waals surface area contributed by atoms with Crippen molar-refractivity contribution < 1.29 is 14.3 Å². The first kappa shape index (κ1) is 15.9. The van der Waals surface area contributed by atoms with Gasteiger partial charge in [0.25, 0.3) is 11.8 Å². The molecule has 2 aromatic carbocycles. The summed E-state index contributed by atoms with van der Waals surface area (Å²) in [7, 11) is 1.45. The molecule has 0 bridgehead atoms. The minimum Gasteiger partial charge on any atom is -0.496 e. The van der Waals surface area contributed by atoms with Gasteiger partial charge in [-0.25, -0.2) is 0 Å². The zero-order valence-corrected chi connectivity index (χ0v) is 12.9. The number of ether oxygens (including phenoxy) is 1. The van der Waals surface area contributed by atoms with Crippen molar-refractivity contribution in [3.8, 4) is 5.75 Å². The standard InChI is InChI=1S/C16H15ClN2O3/c1-10-3-5-11(6-4-10)15(20)18-19-16(21)13-9-12(17)7-8-14(13)22-2/h3-9H,1-2H3,(H,18,20)(H,19,21). The van der Waals surface area contributed by atoms with E-state index < -0.39 is 11.8 Å². The lowest BCUT2D eigenvalue weighted by Crippen LogP contribution is -2.41. The zero-order chi connectivity index (χ0) is 16.1. The maximum atomic E-state index is 12.1. The van der Waals surface area contributed by atoms with Crippen LogP contribution in [0.5, 0.6) is 5.75 Å². The summed E-state index contributed by atoms with van der Waals surface area (Å²) in [6.45, 7) is 1.93. The smallest absolute Gasteiger partial charge is 0.273 e. The second-order valence-corrected chi connectivity index (χ2v) is 5.06. The van der Waals surface area contributed by atoms with Crippen molar-refractivity contribution in [2.45, 2.75) is 6.92 Å². The average Bonchev–Trinajstić information content (AvgIpc) is 2.53. The van der Waals surface area contributed by atoms with E-state index in [0.717, 1.165) is 5.56 Å². The van der Waals surface area contributed by atoms with Crippen molar-refractivity contribution in [3.63, 3.8) is 0 Å². The predicted octanol–water partition coefficient (Wildman–Crippen LogP) is 2.73. The molecule has 2 rings (SSSR count). The summed E-state index contributed by atoms with van der Waals surface area (Å²) in [5.74, 6) is -0.555. The Kier molecular flexibility index (Phi) is 5.01. The van der Waals surface area contributed by atoms with Gasteiger partial charge in [0.05, 0.1) is 12.7 Å². The fourth-order valence-corrected chi connectivity index (χ4v) is 1.99. The van der Waals surface area contributed by atoms with Crippen molar-refractivity contribution in [3.05, 3.63) is 64.2 Å². The van der Waals surface area contributed by atoms with Gasteiger partial charge in [0.2, 0.25) is 0 Å². The van der Waals surface area contributed by atoms with Gasteiger partial charge >= 0.3 is 0 Å². The van der Waals surface area contributed by atoms with E-state index in [-0.39, 0.29) is 5.56 Å². The first-order valence-corrected chi connectivity index (χ1v) is 6.90. The molecule has 2 N–H and O–H groups in total. The van der Waals surface area contributed by atoms with Crippen LogP contribution in [-0.2, 0) is 0 Å². The molecule has 22 heavy (non-hydrogen) atoms. The van der Waals surface area contributed by atoms with Crippen LogP contribution in [0, 0.1) is 6.92 Å². The second kappa shape index (κ2) is 6.95. The molecule has 0 unspecified atom stereocenters. The summed E-state index contributed by atoms with van der Waals surface area (Å²) >= 11 is 5.87. The van der Waals surface area contributed by atoms with Gasteiger partial charge in [-0.2, -0.15) is 0 Å². The van der Waals surface area contributed by atoms with Crippen LogP contribution in [0.3, 0.4) is 0 Å². The van der Waals surface area contributed by atoms with Crippen LogP contribution in [0.15, 0.2) is 42.5 Å². The molecule has 0 spiro atoms. The molecule has 0 saturated heterocycles. The zero-order valence-electron chi connectivity index (χ0n) is 12.1. The lowest BCUT2D eigenvalue weighted by molar-refractivity contribution is 0.0845.